The van der Waals surface area contributed by atoms with Crippen molar-refractivity contribution in [3.05, 3.63) is 23.5 Å². The molecule has 1 heterocycles. The van der Waals surface area contributed by atoms with Crippen molar-refractivity contribution in [3.63, 3.8) is 0 Å². The summed E-state index contributed by atoms with van der Waals surface area (Å²) in [6, 6.07) is 0. The number of hydrogen-bond donors (Lipinski definition) is 0. The Morgan fingerprint density at radius 2 is 1.91 bits per heavy atom. The van der Waals surface area contributed by atoms with Crippen molar-refractivity contribution in [1.82, 2.24) is 5.32 Å². The summed E-state index contributed by atoms with van der Waals surface area (Å²) in [7, 11) is 0. The molecule has 0 spiro atoms. The molecule has 11 heavy (non-hydrogen) atoms. The maximum atomic E-state index is 4.32. The number of nitrogens with zero attached hydrogens (tertiary/aromatic N) is 1. The van der Waals surface area contributed by atoms with Crippen molar-refractivity contribution >= 4 is 0 Å². The third kappa shape index (κ3) is 2.11. The van der Waals surface area contributed by atoms with Gasteiger partial charge in [0.05, 0.1) is 0 Å². The lowest BCUT2D eigenvalue weighted by molar-refractivity contribution is 0.812. The van der Waals surface area contributed by atoms with Crippen LogP contribution in [0, 0.1) is 0 Å². The molecule has 1 nitrogen and oxygen atoms in total. The number of hydrogen-bond acceptors (Lipinski definition) is 0. The Morgan fingerprint density at radius 1 is 1.18 bits per heavy atom. The third-order valence-corrected chi connectivity index (χ3v) is 1.88. The Balaban J connectivity index is 2.52. The van der Waals surface area contributed by atoms with E-state index in [4.69, 9.17) is 0 Å². The molecule has 61 valence electrons. The standard InChI is InChI=1S/C10H16N/c1-3-5-9-7-8-11-10(9)6-4-2/h7-8H,3-6H2,1-2H3. The molecule has 1 heteroatoms. The van der Waals surface area contributed by atoms with Crippen molar-refractivity contribution in [2.45, 2.75) is 39.5 Å². The van der Waals surface area contributed by atoms with Gasteiger partial charge in [-0.3, -0.25) is 5.32 Å². The van der Waals surface area contributed by atoms with E-state index in [1.165, 1.54) is 30.5 Å². The van der Waals surface area contributed by atoms with E-state index in [0.717, 1.165) is 6.42 Å². The van der Waals surface area contributed by atoms with Crippen LogP contribution in [0.1, 0.15) is 39.5 Å². The molecule has 0 N–H and O–H groups in total. The van der Waals surface area contributed by atoms with Crippen molar-refractivity contribution in [2.75, 3.05) is 0 Å². The second-order valence-electron chi connectivity index (χ2n) is 2.92. The molecule has 0 saturated heterocycles. The summed E-state index contributed by atoms with van der Waals surface area (Å²) in [5.74, 6) is 0. The minimum atomic E-state index is 1.14. The molecule has 1 aliphatic heterocycles. The molecule has 0 aromatic carbocycles. The summed E-state index contributed by atoms with van der Waals surface area (Å²) in [4.78, 5) is 0. The van der Waals surface area contributed by atoms with Gasteiger partial charge in [0, 0.05) is 11.9 Å². The van der Waals surface area contributed by atoms with E-state index in [-0.39, 0.29) is 0 Å². The van der Waals surface area contributed by atoms with E-state index >= 15 is 0 Å². The van der Waals surface area contributed by atoms with Crippen LogP contribution in [-0.2, 0) is 0 Å². The van der Waals surface area contributed by atoms with Gasteiger partial charge in [0.2, 0.25) is 0 Å². The number of allylic oxidation sites excluding steroid dienone is 3. The molecule has 1 rings (SSSR count). The summed E-state index contributed by atoms with van der Waals surface area (Å²) in [5, 5.41) is 4.32. The minimum Gasteiger partial charge on any atom is -0.261 e. The highest BCUT2D eigenvalue weighted by molar-refractivity contribution is 5.31. The van der Waals surface area contributed by atoms with Gasteiger partial charge in [-0.25, -0.2) is 0 Å². The van der Waals surface area contributed by atoms with Crippen LogP contribution in [0.5, 0.6) is 0 Å². The van der Waals surface area contributed by atoms with Gasteiger partial charge in [-0.1, -0.05) is 26.7 Å². The zero-order chi connectivity index (χ0) is 8.10. The first kappa shape index (κ1) is 8.38. The summed E-state index contributed by atoms with van der Waals surface area (Å²) < 4.78 is 0. The van der Waals surface area contributed by atoms with Crippen LogP contribution in [0.15, 0.2) is 23.5 Å². The van der Waals surface area contributed by atoms with Crippen LogP contribution >= 0.6 is 0 Å². The van der Waals surface area contributed by atoms with Crippen molar-refractivity contribution in [3.8, 4) is 0 Å². The van der Waals surface area contributed by atoms with Crippen LogP contribution in [0.2, 0.25) is 0 Å². The maximum absolute atomic E-state index is 4.32. The molecular weight excluding hydrogens is 134 g/mol. The van der Waals surface area contributed by atoms with Gasteiger partial charge in [0.1, 0.15) is 0 Å². The molecule has 0 unspecified atom stereocenters. The quantitative estimate of drug-likeness (QED) is 0.585. The van der Waals surface area contributed by atoms with Gasteiger partial charge in [0.15, 0.2) is 0 Å². The molecule has 0 fully saturated rings. The Morgan fingerprint density at radius 3 is 2.55 bits per heavy atom. The van der Waals surface area contributed by atoms with Gasteiger partial charge in [-0.2, -0.15) is 0 Å². The molecule has 0 saturated carbocycles. The number of rotatable bonds is 4. The topological polar surface area (TPSA) is 14.1 Å². The highest BCUT2D eigenvalue weighted by Gasteiger charge is 2.07. The lowest BCUT2D eigenvalue weighted by Crippen LogP contribution is -1.94. The first-order chi connectivity index (χ1) is 5.38. The molecule has 0 amide bonds. The van der Waals surface area contributed by atoms with Gasteiger partial charge in [0.25, 0.3) is 0 Å². The van der Waals surface area contributed by atoms with Gasteiger partial charge in [-0.15, -0.1) is 0 Å². The molecule has 0 bridgehead atoms. The Kier molecular flexibility index (Phi) is 3.21. The first-order valence-electron chi connectivity index (χ1n) is 4.48. The van der Waals surface area contributed by atoms with E-state index in [1.54, 1.807) is 0 Å². The summed E-state index contributed by atoms with van der Waals surface area (Å²) in [6.45, 7) is 4.41. The lowest BCUT2D eigenvalue weighted by Gasteiger charge is -2.02. The van der Waals surface area contributed by atoms with Crippen LogP contribution in [0.4, 0.5) is 0 Å². The highest BCUT2D eigenvalue weighted by Crippen LogP contribution is 2.20. The molecular formula is C10H16N. The predicted octanol–water partition coefficient (Wildman–Crippen LogP) is 2.97. The average molecular weight is 150 g/mol. The van der Waals surface area contributed by atoms with Gasteiger partial charge in [-0.05, 0) is 24.5 Å². The minimum absolute atomic E-state index is 1.14. The fraction of sp³-hybridized carbons (Fsp3) is 0.600. The van der Waals surface area contributed by atoms with Crippen molar-refractivity contribution < 1.29 is 0 Å². The Labute approximate surface area is 69.2 Å². The van der Waals surface area contributed by atoms with E-state index in [1.807, 2.05) is 6.20 Å². The zero-order valence-corrected chi connectivity index (χ0v) is 7.43. The molecule has 1 radical (unpaired) electrons. The molecule has 0 atom stereocenters. The molecule has 1 aliphatic rings. The smallest absolute Gasteiger partial charge is 0.0435 e. The SMILES string of the molecule is CCCC1=C(CCC)[N]C=C1. The zero-order valence-electron chi connectivity index (χ0n) is 7.43. The monoisotopic (exact) mass is 150 g/mol. The largest absolute Gasteiger partial charge is 0.261 e. The maximum Gasteiger partial charge on any atom is 0.0435 e. The average Bonchev–Trinajstić information content (AvgIpc) is 2.39. The lowest BCUT2D eigenvalue weighted by atomic mass is 10.1. The van der Waals surface area contributed by atoms with E-state index in [2.05, 4.69) is 25.2 Å². The van der Waals surface area contributed by atoms with Crippen molar-refractivity contribution in [2.24, 2.45) is 0 Å². The first-order valence-corrected chi connectivity index (χ1v) is 4.48. The van der Waals surface area contributed by atoms with Gasteiger partial charge < -0.3 is 0 Å². The summed E-state index contributed by atoms with van der Waals surface area (Å²) >= 11 is 0. The second-order valence-corrected chi connectivity index (χ2v) is 2.92. The molecule has 0 aliphatic carbocycles. The van der Waals surface area contributed by atoms with E-state index in [9.17, 15) is 0 Å². The van der Waals surface area contributed by atoms with E-state index < -0.39 is 0 Å². The highest BCUT2D eigenvalue weighted by atomic mass is 14.9. The third-order valence-electron chi connectivity index (χ3n) is 1.88. The fourth-order valence-electron chi connectivity index (χ4n) is 1.36. The summed E-state index contributed by atoms with van der Waals surface area (Å²) in [5.41, 5.74) is 2.77. The summed E-state index contributed by atoms with van der Waals surface area (Å²) in [6.07, 6.45) is 8.83. The van der Waals surface area contributed by atoms with Crippen LogP contribution in [0.3, 0.4) is 0 Å². The van der Waals surface area contributed by atoms with E-state index in [0.29, 0.717) is 0 Å². The van der Waals surface area contributed by atoms with Crippen LogP contribution in [0.25, 0.3) is 0 Å². The van der Waals surface area contributed by atoms with Crippen LogP contribution in [-0.4, -0.2) is 0 Å². The second kappa shape index (κ2) is 4.22. The fourth-order valence-corrected chi connectivity index (χ4v) is 1.36. The van der Waals surface area contributed by atoms with Gasteiger partial charge >= 0.3 is 0 Å². The Hall–Kier alpha value is -0.720. The van der Waals surface area contributed by atoms with Crippen molar-refractivity contribution in [1.29, 1.82) is 0 Å². The molecule has 0 aromatic rings. The predicted molar refractivity (Wildman–Crippen MR) is 48.1 cm³/mol. The normalized spacial score (nSPS) is 15.8. The molecule has 0 aromatic heterocycles. The Bertz CT molecular complexity index is 177. The van der Waals surface area contributed by atoms with Crippen LogP contribution < -0.4 is 5.32 Å².